The van der Waals surface area contributed by atoms with Crippen LogP contribution in [0.15, 0.2) is 55.1 Å². The Morgan fingerprint density at radius 3 is 2.75 bits per heavy atom. The molecule has 3 rings (SSSR count). The van der Waals surface area contributed by atoms with E-state index in [9.17, 15) is 9.18 Å². The van der Waals surface area contributed by atoms with E-state index in [1.165, 1.54) is 26.4 Å². The molecule has 0 aliphatic heterocycles. The molecule has 0 radical (unpaired) electrons. The lowest BCUT2D eigenvalue weighted by atomic mass is 10.1. The van der Waals surface area contributed by atoms with E-state index in [2.05, 4.69) is 9.97 Å². The van der Waals surface area contributed by atoms with Gasteiger partial charge in [0.1, 0.15) is 12.0 Å². The van der Waals surface area contributed by atoms with Crippen molar-refractivity contribution in [1.82, 2.24) is 19.6 Å². The van der Waals surface area contributed by atoms with E-state index < -0.39 is 5.95 Å². The monoisotopic (exact) mass is 326 g/mol. The molecule has 1 amide bonds. The number of nitrogens with zero attached hydrogens (tertiary/aromatic N) is 4. The Balaban J connectivity index is 1.92. The smallest absolute Gasteiger partial charge is 0.297 e. The molecule has 0 saturated heterocycles. The number of hydroxylamine groups is 2. The second kappa shape index (κ2) is 6.59. The molecule has 0 aliphatic carbocycles. The Kier molecular flexibility index (Phi) is 4.35. The Bertz CT molecular complexity index is 878. The quantitative estimate of drug-likeness (QED) is 0.546. The number of carbonyl (C=O) groups is 1. The molecule has 0 bridgehead atoms. The fourth-order valence-corrected chi connectivity index (χ4v) is 2.25. The van der Waals surface area contributed by atoms with Crippen LogP contribution in [0.25, 0.3) is 16.8 Å². The van der Waals surface area contributed by atoms with Gasteiger partial charge in [-0.2, -0.15) is 4.39 Å². The highest BCUT2D eigenvalue weighted by Gasteiger charge is 2.15. The van der Waals surface area contributed by atoms with E-state index in [0.29, 0.717) is 0 Å². The first-order valence-corrected chi connectivity index (χ1v) is 7.17. The van der Waals surface area contributed by atoms with Crippen LogP contribution in [0.3, 0.4) is 0 Å². The average molecular weight is 326 g/mol. The molecule has 122 valence electrons. The summed E-state index contributed by atoms with van der Waals surface area (Å²) >= 11 is 0. The van der Waals surface area contributed by atoms with Gasteiger partial charge in [0.2, 0.25) is 5.95 Å². The molecular formula is C17H15FN4O2. The number of halogens is 1. The van der Waals surface area contributed by atoms with Crippen molar-refractivity contribution in [1.29, 1.82) is 0 Å². The number of pyridine rings is 1. The zero-order valence-electron chi connectivity index (χ0n) is 13.2. The predicted octanol–water partition coefficient (Wildman–Crippen LogP) is 2.71. The summed E-state index contributed by atoms with van der Waals surface area (Å²) in [5.41, 5.74) is 2.63. The maximum Gasteiger partial charge on any atom is 0.297 e. The largest absolute Gasteiger partial charge is 0.305 e. The van der Waals surface area contributed by atoms with E-state index in [-0.39, 0.29) is 11.6 Å². The minimum absolute atomic E-state index is 0.264. The number of hydrogen-bond donors (Lipinski definition) is 0. The topological polar surface area (TPSA) is 60.2 Å². The summed E-state index contributed by atoms with van der Waals surface area (Å²) in [6.07, 6.45) is 4.58. The first kappa shape index (κ1) is 15.8. The molecule has 6 nitrogen and oxygen atoms in total. The zero-order chi connectivity index (χ0) is 17.1. The maximum absolute atomic E-state index is 13.3. The van der Waals surface area contributed by atoms with Crippen LogP contribution in [0, 0.1) is 5.95 Å². The highest BCUT2D eigenvalue weighted by atomic mass is 19.1. The Labute approximate surface area is 138 Å². The number of hydrogen-bond acceptors (Lipinski definition) is 4. The third-order valence-corrected chi connectivity index (χ3v) is 3.57. The number of amides is 1. The van der Waals surface area contributed by atoms with Gasteiger partial charge in [-0.05, 0) is 29.3 Å². The molecule has 0 atom stereocenters. The molecule has 3 aromatic rings. The molecule has 0 unspecified atom stereocenters. The minimum atomic E-state index is -0.531. The van der Waals surface area contributed by atoms with Crippen molar-refractivity contribution in [2.45, 2.75) is 0 Å². The molecule has 0 N–H and O–H groups in total. The lowest BCUT2D eigenvalue weighted by Gasteiger charge is -2.11. The van der Waals surface area contributed by atoms with Crippen LogP contribution in [0.2, 0.25) is 0 Å². The number of rotatable bonds is 4. The average Bonchev–Trinajstić information content (AvgIpc) is 3.10. The van der Waals surface area contributed by atoms with Gasteiger partial charge in [0.25, 0.3) is 5.91 Å². The molecule has 2 heterocycles. The molecule has 1 aromatic carbocycles. The molecule has 0 saturated carbocycles. The minimum Gasteiger partial charge on any atom is -0.305 e. The van der Waals surface area contributed by atoms with Crippen LogP contribution in [0.1, 0.15) is 10.5 Å². The number of carbonyl (C=O) groups excluding carboxylic acids is 1. The van der Waals surface area contributed by atoms with Crippen LogP contribution < -0.4 is 0 Å². The third kappa shape index (κ3) is 3.16. The van der Waals surface area contributed by atoms with Crippen LogP contribution in [0.4, 0.5) is 4.39 Å². The predicted molar refractivity (Wildman–Crippen MR) is 85.9 cm³/mol. The number of imidazole rings is 1. The van der Waals surface area contributed by atoms with Gasteiger partial charge in [-0.15, -0.1) is 0 Å². The summed E-state index contributed by atoms with van der Waals surface area (Å²) in [7, 11) is 2.92. The van der Waals surface area contributed by atoms with E-state index in [1.54, 1.807) is 23.2 Å². The maximum atomic E-state index is 13.3. The lowest BCUT2D eigenvalue weighted by molar-refractivity contribution is -0.0760. The molecule has 24 heavy (non-hydrogen) atoms. The molecule has 0 aliphatic rings. The Morgan fingerprint density at radius 1 is 1.21 bits per heavy atom. The summed E-state index contributed by atoms with van der Waals surface area (Å²) in [6.45, 7) is 0. The van der Waals surface area contributed by atoms with Gasteiger partial charge < -0.3 is 4.57 Å². The normalized spacial score (nSPS) is 10.6. The molecule has 0 spiro atoms. The van der Waals surface area contributed by atoms with Crippen molar-refractivity contribution in [2.24, 2.45) is 0 Å². The van der Waals surface area contributed by atoms with Gasteiger partial charge in [0, 0.05) is 31.2 Å². The van der Waals surface area contributed by atoms with Gasteiger partial charge >= 0.3 is 0 Å². The second-order valence-electron chi connectivity index (χ2n) is 5.07. The van der Waals surface area contributed by atoms with Crippen molar-refractivity contribution in [2.75, 3.05) is 14.2 Å². The summed E-state index contributed by atoms with van der Waals surface area (Å²) in [4.78, 5) is 24.5. The number of aromatic nitrogens is 3. The molecule has 7 heteroatoms. The van der Waals surface area contributed by atoms with Gasteiger partial charge in [0.05, 0.1) is 7.11 Å². The van der Waals surface area contributed by atoms with Gasteiger partial charge in [0.15, 0.2) is 0 Å². The number of benzene rings is 1. The van der Waals surface area contributed by atoms with E-state index in [4.69, 9.17) is 4.84 Å². The summed E-state index contributed by atoms with van der Waals surface area (Å²) in [5.74, 6) is -0.875. The summed E-state index contributed by atoms with van der Waals surface area (Å²) < 4.78 is 15.0. The fourth-order valence-electron chi connectivity index (χ4n) is 2.25. The third-order valence-electron chi connectivity index (χ3n) is 3.57. The van der Waals surface area contributed by atoms with Crippen LogP contribution >= 0.6 is 0 Å². The molecular weight excluding hydrogens is 311 g/mol. The SMILES string of the molecule is CON(C)C(=O)c1cn(-c2cccc(-c3ccnc(F)c3)c2)cn1. The van der Waals surface area contributed by atoms with Crippen molar-refractivity contribution < 1.29 is 14.0 Å². The van der Waals surface area contributed by atoms with Gasteiger partial charge in [-0.3, -0.25) is 9.63 Å². The summed E-state index contributed by atoms with van der Waals surface area (Å²) in [6, 6.07) is 10.6. The van der Waals surface area contributed by atoms with Crippen LogP contribution in [-0.2, 0) is 4.84 Å². The first-order valence-electron chi connectivity index (χ1n) is 7.17. The molecule has 2 aromatic heterocycles. The van der Waals surface area contributed by atoms with Crippen molar-refractivity contribution in [3.63, 3.8) is 0 Å². The van der Waals surface area contributed by atoms with Crippen molar-refractivity contribution >= 4 is 5.91 Å². The van der Waals surface area contributed by atoms with Crippen molar-refractivity contribution in [3.8, 4) is 16.8 Å². The van der Waals surface area contributed by atoms with E-state index in [0.717, 1.165) is 21.9 Å². The zero-order valence-corrected chi connectivity index (χ0v) is 13.2. The highest BCUT2D eigenvalue weighted by molar-refractivity contribution is 5.91. The van der Waals surface area contributed by atoms with Gasteiger partial charge in [-0.25, -0.2) is 15.0 Å². The lowest BCUT2D eigenvalue weighted by Crippen LogP contribution is -2.25. The Hall–Kier alpha value is -3.06. The van der Waals surface area contributed by atoms with Crippen LogP contribution in [0.5, 0.6) is 0 Å². The standard InChI is InChI=1S/C17H15FN4O2/c1-21(24-2)17(23)15-10-22(11-20-15)14-5-3-4-12(8-14)13-6-7-19-16(18)9-13/h3-11H,1-2H3. The first-order chi connectivity index (χ1) is 11.6. The second-order valence-corrected chi connectivity index (χ2v) is 5.07. The van der Waals surface area contributed by atoms with Gasteiger partial charge in [-0.1, -0.05) is 12.1 Å². The van der Waals surface area contributed by atoms with E-state index in [1.807, 2.05) is 24.3 Å². The highest BCUT2D eigenvalue weighted by Crippen LogP contribution is 2.22. The molecule has 0 fully saturated rings. The Morgan fingerprint density at radius 2 is 2.00 bits per heavy atom. The van der Waals surface area contributed by atoms with Crippen LogP contribution in [-0.4, -0.2) is 39.7 Å². The van der Waals surface area contributed by atoms with Crippen molar-refractivity contribution in [3.05, 3.63) is 66.8 Å². The van der Waals surface area contributed by atoms with E-state index >= 15 is 0 Å². The summed E-state index contributed by atoms with van der Waals surface area (Å²) in [5, 5.41) is 1.10. The fraction of sp³-hybridized carbons (Fsp3) is 0.118.